The van der Waals surface area contributed by atoms with Crippen LogP contribution in [0.2, 0.25) is 5.02 Å². The standard InChI is InChI=1S/C32H37ClN2O4/c1-31(2)22-35(17-14-32(31,36)23-8-10-24(33)11-9-23)16-5-7-26-27-6-4-15-34-29(27)21-39-30-13-12-25(20-28(26)30)38-19-18-37-3/h4,6-13,15,20,36H,5,14,16-19,21-22H2,1-3H3/b26-7-. The quantitative estimate of drug-likeness (QED) is 0.343. The van der Waals surface area contributed by atoms with E-state index in [2.05, 4.69) is 41.9 Å². The molecule has 206 valence electrons. The van der Waals surface area contributed by atoms with Crippen molar-refractivity contribution in [1.82, 2.24) is 9.88 Å². The number of methoxy groups -OCH3 is 1. The van der Waals surface area contributed by atoms with E-state index in [1.807, 2.05) is 48.7 Å². The summed E-state index contributed by atoms with van der Waals surface area (Å²) in [5, 5.41) is 12.4. The summed E-state index contributed by atoms with van der Waals surface area (Å²) in [6.45, 7) is 8.25. The fraction of sp³-hybridized carbons (Fsp3) is 0.406. The summed E-state index contributed by atoms with van der Waals surface area (Å²) >= 11 is 6.10. The van der Waals surface area contributed by atoms with Crippen molar-refractivity contribution in [3.8, 4) is 11.5 Å². The number of hydrogen-bond donors (Lipinski definition) is 1. The highest BCUT2D eigenvalue weighted by Crippen LogP contribution is 2.46. The van der Waals surface area contributed by atoms with Crippen molar-refractivity contribution in [3.05, 3.63) is 94.3 Å². The van der Waals surface area contributed by atoms with Crippen molar-refractivity contribution in [3.63, 3.8) is 0 Å². The van der Waals surface area contributed by atoms with Gasteiger partial charge in [-0.25, -0.2) is 0 Å². The molecule has 2 aliphatic heterocycles. The number of benzene rings is 2. The van der Waals surface area contributed by atoms with E-state index in [0.717, 1.165) is 65.5 Å². The van der Waals surface area contributed by atoms with Crippen LogP contribution in [-0.2, 0) is 16.9 Å². The van der Waals surface area contributed by atoms with Gasteiger partial charge in [-0.3, -0.25) is 4.98 Å². The van der Waals surface area contributed by atoms with Gasteiger partial charge in [0.05, 0.1) is 17.9 Å². The Morgan fingerprint density at radius 1 is 1.10 bits per heavy atom. The summed E-state index contributed by atoms with van der Waals surface area (Å²) in [5.74, 6) is 1.61. The molecule has 2 aromatic carbocycles. The van der Waals surface area contributed by atoms with Crippen LogP contribution in [0.25, 0.3) is 5.57 Å². The molecule has 0 spiro atoms. The zero-order chi connectivity index (χ0) is 27.5. The molecule has 0 bridgehead atoms. The van der Waals surface area contributed by atoms with Crippen LogP contribution in [0.15, 0.2) is 66.9 Å². The first kappa shape index (κ1) is 27.7. The van der Waals surface area contributed by atoms with Crippen LogP contribution in [0.3, 0.4) is 0 Å². The molecule has 0 radical (unpaired) electrons. The molecular formula is C32H37ClN2O4. The smallest absolute Gasteiger partial charge is 0.131 e. The van der Waals surface area contributed by atoms with Crippen molar-refractivity contribution in [2.75, 3.05) is 40.0 Å². The summed E-state index contributed by atoms with van der Waals surface area (Å²) in [7, 11) is 1.67. The van der Waals surface area contributed by atoms with Gasteiger partial charge >= 0.3 is 0 Å². The average molecular weight is 549 g/mol. The molecule has 1 atom stereocenters. The zero-order valence-corrected chi connectivity index (χ0v) is 23.7. The van der Waals surface area contributed by atoms with E-state index in [-0.39, 0.29) is 5.41 Å². The van der Waals surface area contributed by atoms with Gasteiger partial charge in [0.2, 0.25) is 0 Å². The Morgan fingerprint density at radius 2 is 1.92 bits per heavy atom. The largest absolute Gasteiger partial charge is 0.491 e. The summed E-state index contributed by atoms with van der Waals surface area (Å²) in [6.07, 6.45) is 5.63. The first-order valence-corrected chi connectivity index (χ1v) is 13.9. The molecule has 1 N–H and O–H groups in total. The third kappa shape index (κ3) is 5.85. The van der Waals surface area contributed by atoms with Crippen molar-refractivity contribution in [2.24, 2.45) is 5.41 Å². The lowest BCUT2D eigenvalue weighted by molar-refractivity contribution is -0.125. The third-order valence-electron chi connectivity index (χ3n) is 7.99. The van der Waals surface area contributed by atoms with Crippen LogP contribution in [0.4, 0.5) is 0 Å². The van der Waals surface area contributed by atoms with Crippen LogP contribution in [-0.4, -0.2) is 54.9 Å². The second-order valence-corrected chi connectivity index (χ2v) is 11.4. The lowest BCUT2D eigenvalue weighted by atomic mass is 9.66. The lowest BCUT2D eigenvalue weighted by Gasteiger charge is -2.50. The Labute approximate surface area is 236 Å². The number of ether oxygens (including phenoxy) is 3. The molecule has 39 heavy (non-hydrogen) atoms. The van der Waals surface area contributed by atoms with E-state index in [9.17, 15) is 5.11 Å². The highest BCUT2D eigenvalue weighted by molar-refractivity contribution is 6.30. The lowest BCUT2D eigenvalue weighted by Crippen LogP contribution is -2.55. The van der Waals surface area contributed by atoms with Gasteiger partial charge < -0.3 is 24.2 Å². The SMILES string of the molecule is COCCOc1ccc2c(c1)/C(=C\CCN1CCC(O)(c3ccc(Cl)cc3)C(C)(C)C1)c1cccnc1CO2. The Kier molecular flexibility index (Phi) is 8.29. The minimum Gasteiger partial charge on any atom is -0.491 e. The maximum atomic E-state index is 11.7. The van der Waals surface area contributed by atoms with Crippen LogP contribution in [0, 0.1) is 5.41 Å². The predicted octanol–water partition coefficient (Wildman–Crippen LogP) is 6.09. The molecule has 7 heteroatoms. The number of piperidine rings is 1. The van der Waals surface area contributed by atoms with Gasteiger partial charge in [0.15, 0.2) is 0 Å². The fourth-order valence-corrected chi connectivity index (χ4v) is 5.88. The highest BCUT2D eigenvalue weighted by Gasteiger charge is 2.48. The van der Waals surface area contributed by atoms with E-state index in [1.165, 1.54) is 0 Å². The topological polar surface area (TPSA) is 64.1 Å². The minimum atomic E-state index is -0.895. The van der Waals surface area contributed by atoms with Gasteiger partial charge in [-0.05, 0) is 60.4 Å². The number of aromatic nitrogens is 1. The number of nitrogens with zero attached hydrogens (tertiary/aromatic N) is 2. The van der Waals surface area contributed by atoms with E-state index < -0.39 is 5.60 Å². The van der Waals surface area contributed by atoms with Gasteiger partial charge in [-0.2, -0.15) is 0 Å². The van der Waals surface area contributed by atoms with Gasteiger partial charge in [0.1, 0.15) is 24.7 Å². The normalized spacial score (nSPS) is 21.5. The number of fused-ring (bicyclic) bond motifs is 2. The van der Waals surface area contributed by atoms with Gasteiger partial charge in [-0.15, -0.1) is 0 Å². The third-order valence-corrected chi connectivity index (χ3v) is 8.24. The summed E-state index contributed by atoms with van der Waals surface area (Å²) in [6, 6.07) is 17.7. The number of rotatable bonds is 8. The molecule has 1 fully saturated rings. The van der Waals surface area contributed by atoms with E-state index in [0.29, 0.717) is 31.3 Å². The second kappa shape index (κ2) is 11.7. The molecule has 6 nitrogen and oxygen atoms in total. The molecule has 1 unspecified atom stereocenters. The second-order valence-electron chi connectivity index (χ2n) is 11.0. The maximum Gasteiger partial charge on any atom is 0.131 e. The first-order chi connectivity index (χ1) is 18.8. The molecule has 3 aromatic rings. The monoisotopic (exact) mass is 548 g/mol. The number of pyridine rings is 1. The van der Waals surface area contributed by atoms with Gasteiger partial charge in [0.25, 0.3) is 0 Å². The summed E-state index contributed by atoms with van der Waals surface area (Å²) in [5.41, 5.74) is 3.84. The van der Waals surface area contributed by atoms with Crippen molar-refractivity contribution < 1.29 is 19.3 Å². The van der Waals surface area contributed by atoms with Crippen LogP contribution >= 0.6 is 11.6 Å². The van der Waals surface area contributed by atoms with Gasteiger partial charge in [0, 0.05) is 54.5 Å². The Hall–Kier alpha value is -2.90. The molecule has 1 aromatic heterocycles. The van der Waals surface area contributed by atoms with Crippen LogP contribution in [0.1, 0.15) is 49.1 Å². The molecule has 0 aliphatic carbocycles. The molecule has 2 aliphatic rings. The summed E-state index contributed by atoms with van der Waals surface area (Å²) in [4.78, 5) is 7.05. The van der Waals surface area contributed by atoms with Crippen LogP contribution in [0.5, 0.6) is 11.5 Å². The Bertz CT molecular complexity index is 1320. The average Bonchev–Trinajstić information content (AvgIpc) is 3.08. The highest BCUT2D eigenvalue weighted by atomic mass is 35.5. The number of likely N-dealkylation sites (tertiary alicyclic amines) is 1. The van der Waals surface area contributed by atoms with E-state index >= 15 is 0 Å². The Balaban J connectivity index is 1.35. The van der Waals surface area contributed by atoms with Crippen molar-refractivity contribution in [2.45, 2.75) is 38.9 Å². The fourth-order valence-electron chi connectivity index (χ4n) is 5.76. The predicted molar refractivity (Wildman–Crippen MR) is 154 cm³/mol. The maximum absolute atomic E-state index is 11.7. The zero-order valence-electron chi connectivity index (χ0n) is 23.0. The van der Waals surface area contributed by atoms with Crippen molar-refractivity contribution in [1.29, 1.82) is 0 Å². The van der Waals surface area contributed by atoms with Crippen LogP contribution < -0.4 is 9.47 Å². The Morgan fingerprint density at radius 3 is 2.69 bits per heavy atom. The van der Waals surface area contributed by atoms with Gasteiger partial charge in [-0.1, -0.05) is 49.7 Å². The molecule has 1 saturated heterocycles. The molecular weight excluding hydrogens is 512 g/mol. The molecule has 3 heterocycles. The molecule has 0 saturated carbocycles. The number of aliphatic hydroxyl groups is 1. The van der Waals surface area contributed by atoms with Crippen molar-refractivity contribution >= 4 is 17.2 Å². The molecule has 5 rings (SSSR count). The van der Waals surface area contributed by atoms with E-state index in [1.54, 1.807) is 7.11 Å². The summed E-state index contributed by atoms with van der Waals surface area (Å²) < 4.78 is 17.2. The number of hydrogen-bond acceptors (Lipinski definition) is 6. The number of halogens is 1. The molecule has 0 amide bonds. The first-order valence-electron chi connectivity index (χ1n) is 13.5. The van der Waals surface area contributed by atoms with E-state index in [4.69, 9.17) is 25.8 Å². The minimum absolute atomic E-state index is 0.320.